The van der Waals surface area contributed by atoms with Crippen molar-refractivity contribution in [3.8, 4) is 11.4 Å². The summed E-state index contributed by atoms with van der Waals surface area (Å²) in [7, 11) is 0. The minimum absolute atomic E-state index is 0.194. The molecule has 0 bridgehead atoms. The van der Waals surface area contributed by atoms with Crippen LogP contribution >= 0.6 is 0 Å². The van der Waals surface area contributed by atoms with Gasteiger partial charge in [-0.25, -0.2) is 14.4 Å². The molecule has 3 nitrogen and oxygen atoms in total. The van der Waals surface area contributed by atoms with Crippen LogP contribution in [0.25, 0.3) is 11.4 Å². The molecule has 0 aliphatic carbocycles. The quantitative estimate of drug-likeness (QED) is 0.853. The summed E-state index contributed by atoms with van der Waals surface area (Å²) in [5.41, 5.74) is 4.84. The molecule has 19 heavy (non-hydrogen) atoms. The molecule has 1 aliphatic heterocycles. The number of aryl methyl sites for hydroxylation is 2. The van der Waals surface area contributed by atoms with Crippen molar-refractivity contribution in [2.24, 2.45) is 0 Å². The predicted octanol–water partition coefficient (Wildman–Crippen LogP) is 2.55. The van der Waals surface area contributed by atoms with Crippen LogP contribution in [0.3, 0.4) is 0 Å². The van der Waals surface area contributed by atoms with Crippen LogP contribution in [0.1, 0.15) is 22.5 Å². The molecule has 2 aromatic rings. The highest BCUT2D eigenvalue weighted by Gasteiger charge is 2.16. The van der Waals surface area contributed by atoms with Crippen molar-refractivity contribution in [3.05, 3.63) is 46.5 Å². The van der Waals surface area contributed by atoms with E-state index in [9.17, 15) is 4.39 Å². The Morgan fingerprint density at radius 3 is 2.84 bits per heavy atom. The van der Waals surface area contributed by atoms with Crippen LogP contribution in [0, 0.1) is 19.7 Å². The monoisotopic (exact) mass is 257 g/mol. The first kappa shape index (κ1) is 12.2. The second kappa shape index (κ2) is 4.70. The zero-order valence-electron chi connectivity index (χ0n) is 11.1. The summed E-state index contributed by atoms with van der Waals surface area (Å²) in [5, 5.41) is 3.32. The molecule has 1 N–H and O–H groups in total. The Morgan fingerprint density at radius 2 is 2.05 bits per heavy atom. The minimum atomic E-state index is -0.194. The van der Waals surface area contributed by atoms with E-state index >= 15 is 0 Å². The van der Waals surface area contributed by atoms with Crippen LogP contribution in [0.2, 0.25) is 0 Å². The van der Waals surface area contributed by atoms with Crippen molar-refractivity contribution < 1.29 is 4.39 Å². The van der Waals surface area contributed by atoms with Crippen molar-refractivity contribution in [1.82, 2.24) is 15.3 Å². The summed E-state index contributed by atoms with van der Waals surface area (Å²) in [6.45, 7) is 5.54. The maximum Gasteiger partial charge on any atom is 0.159 e. The van der Waals surface area contributed by atoms with E-state index in [4.69, 9.17) is 0 Å². The fraction of sp³-hybridized carbons (Fsp3) is 0.333. The highest BCUT2D eigenvalue weighted by atomic mass is 19.1. The molecule has 0 radical (unpaired) electrons. The van der Waals surface area contributed by atoms with Gasteiger partial charge in [0.1, 0.15) is 5.82 Å². The summed E-state index contributed by atoms with van der Waals surface area (Å²) in [6.07, 6.45) is 0.976. The standard InChI is InChI=1S/C15H16FN3/c1-9-7-11(3-4-13(9)16)15-18-10(2)12-5-6-17-8-14(12)19-15/h3-4,7,17H,5-6,8H2,1-2H3. The van der Waals surface area contributed by atoms with Gasteiger partial charge in [-0.15, -0.1) is 0 Å². The van der Waals surface area contributed by atoms with E-state index in [1.54, 1.807) is 19.1 Å². The Balaban J connectivity index is 2.10. The molecule has 3 rings (SSSR count). The second-order valence-corrected chi connectivity index (χ2v) is 4.95. The predicted molar refractivity (Wildman–Crippen MR) is 72.3 cm³/mol. The summed E-state index contributed by atoms with van der Waals surface area (Å²) >= 11 is 0. The molecule has 4 heteroatoms. The number of nitrogens with zero attached hydrogens (tertiary/aromatic N) is 2. The van der Waals surface area contributed by atoms with E-state index in [1.165, 1.54) is 11.6 Å². The summed E-state index contributed by atoms with van der Waals surface area (Å²) in [4.78, 5) is 9.19. The molecule has 0 saturated carbocycles. The van der Waals surface area contributed by atoms with Crippen molar-refractivity contribution >= 4 is 0 Å². The van der Waals surface area contributed by atoms with E-state index in [-0.39, 0.29) is 5.82 Å². The number of benzene rings is 1. The van der Waals surface area contributed by atoms with Crippen LogP contribution in [0.5, 0.6) is 0 Å². The third-order valence-corrected chi connectivity index (χ3v) is 3.56. The smallest absolute Gasteiger partial charge is 0.159 e. The molecule has 0 spiro atoms. The lowest BCUT2D eigenvalue weighted by Crippen LogP contribution is -2.26. The van der Waals surface area contributed by atoms with Crippen LogP contribution in [-0.4, -0.2) is 16.5 Å². The summed E-state index contributed by atoms with van der Waals surface area (Å²) in [5.74, 6) is 0.489. The Labute approximate surface area is 111 Å². The molecular formula is C15H16FN3. The lowest BCUT2D eigenvalue weighted by Gasteiger charge is -2.18. The maximum atomic E-state index is 13.3. The molecule has 1 aromatic carbocycles. The first-order valence-electron chi connectivity index (χ1n) is 6.49. The van der Waals surface area contributed by atoms with Crippen LogP contribution in [0.15, 0.2) is 18.2 Å². The van der Waals surface area contributed by atoms with Crippen LogP contribution < -0.4 is 5.32 Å². The van der Waals surface area contributed by atoms with Gasteiger partial charge in [-0.3, -0.25) is 0 Å². The highest BCUT2D eigenvalue weighted by Crippen LogP contribution is 2.22. The Bertz CT molecular complexity index is 638. The van der Waals surface area contributed by atoms with Gasteiger partial charge >= 0.3 is 0 Å². The maximum absolute atomic E-state index is 13.3. The van der Waals surface area contributed by atoms with Gasteiger partial charge in [-0.05, 0) is 56.1 Å². The number of rotatable bonds is 1. The lowest BCUT2D eigenvalue weighted by molar-refractivity contribution is 0.617. The molecule has 2 heterocycles. The van der Waals surface area contributed by atoms with E-state index in [1.807, 2.05) is 6.92 Å². The van der Waals surface area contributed by atoms with Gasteiger partial charge in [0, 0.05) is 17.8 Å². The largest absolute Gasteiger partial charge is 0.311 e. The number of nitrogens with one attached hydrogen (secondary N) is 1. The molecule has 0 saturated heterocycles. The van der Waals surface area contributed by atoms with E-state index in [0.29, 0.717) is 11.4 Å². The van der Waals surface area contributed by atoms with E-state index < -0.39 is 0 Å². The van der Waals surface area contributed by atoms with Crippen molar-refractivity contribution in [2.75, 3.05) is 6.54 Å². The zero-order valence-corrected chi connectivity index (χ0v) is 11.1. The third kappa shape index (κ3) is 2.24. The topological polar surface area (TPSA) is 37.8 Å². The Kier molecular flexibility index (Phi) is 3.03. The fourth-order valence-corrected chi connectivity index (χ4v) is 2.46. The number of hydrogen-bond donors (Lipinski definition) is 1. The number of aromatic nitrogens is 2. The van der Waals surface area contributed by atoms with Crippen molar-refractivity contribution in [2.45, 2.75) is 26.8 Å². The van der Waals surface area contributed by atoms with Crippen molar-refractivity contribution in [1.29, 1.82) is 0 Å². The van der Waals surface area contributed by atoms with Gasteiger partial charge in [0.05, 0.1) is 5.69 Å². The molecular weight excluding hydrogens is 241 g/mol. The van der Waals surface area contributed by atoms with Gasteiger partial charge in [0.25, 0.3) is 0 Å². The second-order valence-electron chi connectivity index (χ2n) is 4.95. The van der Waals surface area contributed by atoms with Crippen molar-refractivity contribution in [3.63, 3.8) is 0 Å². The fourth-order valence-electron chi connectivity index (χ4n) is 2.46. The van der Waals surface area contributed by atoms with Crippen LogP contribution in [0.4, 0.5) is 4.39 Å². The Morgan fingerprint density at radius 1 is 1.21 bits per heavy atom. The zero-order chi connectivity index (χ0) is 13.4. The third-order valence-electron chi connectivity index (χ3n) is 3.56. The molecule has 1 aliphatic rings. The van der Waals surface area contributed by atoms with Gasteiger partial charge in [0.2, 0.25) is 0 Å². The van der Waals surface area contributed by atoms with Gasteiger partial charge < -0.3 is 5.32 Å². The average molecular weight is 257 g/mol. The summed E-state index contributed by atoms with van der Waals surface area (Å²) in [6, 6.07) is 5.01. The molecule has 0 amide bonds. The molecule has 0 atom stereocenters. The highest BCUT2D eigenvalue weighted by molar-refractivity contribution is 5.57. The van der Waals surface area contributed by atoms with Gasteiger partial charge in [-0.1, -0.05) is 0 Å². The van der Waals surface area contributed by atoms with Gasteiger partial charge in [-0.2, -0.15) is 0 Å². The van der Waals surface area contributed by atoms with Crippen LogP contribution in [-0.2, 0) is 13.0 Å². The number of hydrogen-bond acceptors (Lipinski definition) is 3. The van der Waals surface area contributed by atoms with E-state index in [2.05, 4.69) is 15.3 Å². The Hall–Kier alpha value is -1.81. The van der Waals surface area contributed by atoms with Gasteiger partial charge in [0.15, 0.2) is 5.82 Å². The number of fused-ring (bicyclic) bond motifs is 1. The number of halogens is 1. The normalized spacial score (nSPS) is 14.3. The minimum Gasteiger partial charge on any atom is -0.311 e. The molecule has 1 aromatic heterocycles. The SMILES string of the molecule is Cc1cc(-c2nc(C)c3c(n2)CNCC3)ccc1F. The summed E-state index contributed by atoms with van der Waals surface area (Å²) < 4.78 is 13.3. The molecule has 0 fully saturated rings. The lowest BCUT2D eigenvalue weighted by atomic mass is 10.0. The molecule has 98 valence electrons. The van der Waals surface area contributed by atoms with E-state index in [0.717, 1.165) is 36.5 Å². The first-order chi connectivity index (χ1) is 9.15. The molecule has 0 unspecified atom stereocenters. The first-order valence-corrected chi connectivity index (χ1v) is 6.49. The average Bonchev–Trinajstić information content (AvgIpc) is 2.42.